The van der Waals surface area contributed by atoms with Crippen LogP contribution in [0.4, 0.5) is 5.95 Å². The topological polar surface area (TPSA) is 67.4 Å². The summed E-state index contributed by atoms with van der Waals surface area (Å²) in [6.45, 7) is 5.60. The second-order valence-electron chi connectivity index (χ2n) is 7.08. The van der Waals surface area contributed by atoms with E-state index in [0.717, 1.165) is 42.6 Å². The van der Waals surface area contributed by atoms with Crippen LogP contribution in [0.15, 0.2) is 6.20 Å². The summed E-state index contributed by atoms with van der Waals surface area (Å²) < 4.78 is 5.81. The summed E-state index contributed by atoms with van der Waals surface area (Å²) in [7, 11) is 0. The number of carbonyl (C=O) groups is 1. The van der Waals surface area contributed by atoms with Gasteiger partial charge < -0.3 is 15.0 Å². The maximum atomic E-state index is 12.0. The minimum Gasteiger partial charge on any atom is -0.376 e. The third-order valence-electron chi connectivity index (χ3n) is 5.26. The van der Waals surface area contributed by atoms with E-state index in [1.54, 1.807) is 0 Å². The molecule has 1 spiro atoms. The molecule has 1 N–H and O–H groups in total. The number of rotatable bonds is 4. The molecular formula is C17H24N4O2. The first-order valence-electron chi connectivity index (χ1n) is 8.66. The first kappa shape index (κ1) is 14.9. The predicted molar refractivity (Wildman–Crippen MR) is 86.1 cm³/mol. The Morgan fingerprint density at radius 3 is 3.17 bits per heavy atom. The second kappa shape index (κ2) is 5.74. The van der Waals surface area contributed by atoms with E-state index in [-0.39, 0.29) is 11.3 Å². The molecule has 0 unspecified atom stereocenters. The molecule has 6 nitrogen and oxygen atoms in total. The lowest BCUT2D eigenvalue weighted by atomic mass is 9.80. The Bertz CT molecular complexity index is 617. The molecule has 1 amide bonds. The van der Waals surface area contributed by atoms with Gasteiger partial charge in [0.2, 0.25) is 11.9 Å². The average Bonchev–Trinajstić information content (AvgIpc) is 3.32. The van der Waals surface area contributed by atoms with Crippen molar-refractivity contribution >= 4 is 11.9 Å². The van der Waals surface area contributed by atoms with Gasteiger partial charge in [0.05, 0.1) is 24.3 Å². The lowest BCUT2D eigenvalue weighted by Gasteiger charge is -2.34. The van der Waals surface area contributed by atoms with Crippen LogP contribution in [0.3, 0.4) is 0 Å². The van der Waals surface area contributed by atoms with Crippen LogP contribution in [0.1, 0.15) is 43.9 Å². The molecule has 0 radical (unpaired) electrons. The van der Waals surface area contributed by atoms with Crippen molar-refractivity contribution in [3.8, 4) is 0 Å². The van der Waals surface area contributed by atoms with Gasteiger partial charge in [-0.05, 0) is 25.2 Å². The van der Waals surface area contributed by atoms with Gasteiger partial charge in [0, 0.05) is 37.8 Å². The number of hydrogen-bond acceptors (Lipinski definition) is 5. The molecule has 0 aromatic carbocycles. The summed E-state index contributed by atoms with van der Waals surface area (Å²) in [6.07, 6.45) is 5.99. The van der Waals surface area contributed by atoms with E-state index in [2.05, 4.69) is 10.3 Å². The van der Waals surface area contributed by atoms with Crippen LogP contribution in [0.5, 0.6) is 0 Å². The molecule has 4 rings (SSSR count). The van der Waals surface area contributed by atoms with Crippen molar-refractivity contribution in [3.05, 3.63) is 17.5 Å². The van der Waals surface area contributed by atoms with Crippen molar-refractivity contribution in [2.24, 2.45) is 5.92 Å². The third kappa shape index (κ3) is 2.80. The summed E-state index contributed by atoms with van der Waals surface area (Å²) in [5.41, 5.74) is 2.00. The zero-order valence-electron chi connectivity index (χ0n) is 13.7. The van der Waals surface area contributed by atoms with Crippen LogP contribution < -0.4 is 5.32 Å². The van der Waals surface area contributed by atoms with E-state index in [9.17, 15) is 4.79 Å². The molecule has 0 bridgehead atoms. The van der Waals surface area contributed by atoms with Gasteiger partial charge >= 0.3 is 0 Å². The Kier molecular flexibility index (Phi) is 3.71. The van der Waals surface area contributed by atoms with E-state index in [4.69, 9.17) is 9.72 Å². The van der Waals surface area contributed by atoms with Crippen molar-refractivity contribution in [2.45, 2.75) is 44.6 Å². The lowest BCUT2D eigenvalue weighted by Crippen LogP contribution is -2.41. The van der Waals surface area contributed by atoms with Gasteiger partial charge in [0.25, 0.3) is 0 Å². The van der Waals surface area contributed by atoms with Gasteiger partial charge in [0.1, 0.15) is 0 Å². The number of hydrogen-bond donors (Lipinski definition) is 1. The van der Waals surface area contributed by atoms with Crippen LogP contribution in [0.25, 0.3) is 0 Å². The quantitative estimate of drug-likeness (QED) is 0.916. The molecule has 1 atom stereocenters. The van der Waals surface area contributed by atoms with Gasteiger partial charge in [-0.15, -0.1) is 0 Å². The summed E-state index contributed by atoms with van der Waals surface area (Å²) in [5.74, 6) is 1.73. The average molecular weight is 316 g/mol. The maximum absolute atomic E-state index is 12.0. The number of nitrogens with zero attached hydrogens (tertiary/aromatic N) is 3. The summed E-state index contributed by atoms with van der Waals surface area (Å²) in [5, 5.41) is 3.36. The standard InChI is InChI=1S/C17H24N4O2/c1-2-14(22)21-6-5-17(10-21)11-23-9-13-8-19-16(20-15(13)17)18-7-12-3-4-12/h8,12H,2-7,9-11H2,1H3,(H,18,19,20)/t17-/m0/s1. The molecule has 6 heteroatoms. The maximum Gasteiger partial charge on any atom is 0.222 e. The van der Waals surface area contributed by atoms with E-state index < -0.39 is 0 Å². The van der Waals surface area contributed by atoms with E-state index >= 15 is 0 Å². The van der Waals surface area contributed by atoms with Crippen molar-refractivity contribution in [1.82, 2.24) is 14.9 Å². The highest BCUT2D eigenvalue weighted by Gasteiger charge is 2.46. The molecule has 2 aliphatic heterocycles. The molecule has 124 valence electrons. The normalized spacial score (nSPS) is 26.4. The number of likely N-dealkylation sites (tertiary alicyclic amines) is 1. The number of fused-ring (bicyclic) bond motifs is 2. The molecule has 1 saturated carbocycles. The molecular weight excluding hydrogens is 292 g/mol. The number of anilines is 1. The highest BCUT2D eigenvalue weighted by Crippen LogP contribution is 2.39. The van der Waals surface area contributed by atoms with Crippen LogP contribution in [-0.2, 0) is 21.6 Å². The monoisotopic (exact) mass is 316 g/mol. The van der Waals surface area contributed by atoms with Crippen molar-refractivity contribution < 1.29 is 9.53 Å². The SMILES string of the molecule is CCC(=O)N1CC[C@@]2(COCc3cnc(NCC4CC4)nc32)C1. The Labute approximate surface area is 136 Å². The fourth-order valence-corrected chi connectivity index (χ4v) is 3.66. The largest absolute Gasteiger partial charge is 0.376 e. The summed E-state index contributed by atoms with van der Waals surface area (Å²) >= 11 is 0. The number of carbonyl (C=O) groups excluding carboxylic acids is 1. The van der Waals surface area contributed by atoms with Gasteiger partial charge in [-0.2, -0.15) is 0 Å². The molecule has 2 fully saturated rings. The predicted octanol–water partition coefficient (Wildman–Crippen LogP) is 1.71. The third-order valence-corrected chi connectivity index (χ3v) is 5.26. The van der Waals surface area contributed by atoms with Crippen LogP contribution in [0, 0.1) is 5.92 Å². The van der Waals surface area contributed by atoms with Crippen LogP contribution in [-0.4, -0.2) is 47.0 Å². The second-order valence-corrected chi connectivity index (χ2v) is 7.08. The molecule has 1 aromatic rings. The lowest BCUT2D eigenvalue weighted by molar-refractivity contribution is -0.130. The number of amides is 1. The molecule has 23 heavy (non-hydrogen) atoms. The zero-order valence-corrected chi connectivity index (χ0v) is 13.7. The van der Waals surface area contributed by atoms with E-state index in [1.165, 1.54) is 12.8 Å². The van der Waals surface area contributed by atoms with Gasteiger partial charge in [-0.25, -0.2) is 9.97 Å². The van der Waals surface area contributed by atoms with Gasteiger partial charge in [0.15, 0.2) is 0 Å². The van der Waals surface area contributed by atoms with Crippen molar-refractivity contribution in [3.63, 3.8) is 0 Å². The van der Waals surface area contributed by atoms with Crippen molar-refractivity contribution in [1.29, 1.82) is 0 Å². The van der Waals surface area contributed by atoms with E-state index in [1.807, 2.05) is 18.0 Å². The number of ether oxygens (including phenoxy) is 1. The van der Waals surface area contributed by atoms with Gasteiger partial charge in [-0.3, -0.25) is 4.79 Å². The molecule has 1 saturated heterocycles. The zero-order chi connectivity index (χ0) is 15.9. The minimum absolute atomic E-state index is 0.155. The highest BCUT2D eigenvalue weighted by atomic mass is 16.5. The summed E-state index contributed by atoms with van der Waals surface area (Å²) in [6, 6.07) is 0. The fraction of sp³-hybridized carbons (Fsp3) is 0.706. The van der Waals surface area contributed by atoms with Crippen LogP contribution in [0.2, 0.25) is 0 Å². The smallest absolute Gasteiger partial charge is 0.222 e. The number of aromatic nitrogens is 2. The summed E-state index contributed by atoms with van der Waals surface area (Å²) in [4.78, 5) is 23.3. The van der Waals surface area contributed by atoms with Crippen LogP contribution >= 0.6 is 0 Å². The minimum atomic E-state index is -0.155. The first-order valence-corrected chi connectivity index (χ1v) is 8.66. The Balaban J connectivity index is 1.58. The van der Waals surface area contributed by atoms with Crippen molar-refractivity contribution in [2.75, 3.05) is 31.6 Å². The Morgan fingerprint density at radius 2 is 2.39 bits per heavy atom. The fourth-order valence-electron chi connectivity index (χ4n) is 3.66. The first-order chi connectivity index (χ1) is 11.2. The van der Waals surface area contributed by atoms with Gasteiger partial charge in [-0.1, -0.05) is 6.92 Å². The highest BCUT2D eigenvalue weighted by molar-refractivity contribution is 5.76. The molecule has 3 aliphatic rings. The Morgan fingerprint density at radius 1 is 1.52 bits per heavy atom. The molecule has 1 aliphatic carbocycles. The van der Waals surface area contributed by atoms with E-state index in [0.29, 0.717) is 26.2 Å². The molecule has 3 heterocycles. The number of nitrogens with one attached hydrogen (secondary N) is 1. The molecule has 1 aromatic heterocycles. The Hall–Kier alpha value is -1.69.